The van der Waals surface area contributed by atoms with Gasteiger partial charge in [-0.05, 0) is 23.1 Å². The number of rotatable bonds is 5. The fourth-order valence-corrected chi connectivity index (χ4v) is 4.20. The number of pyridine rings is 1. The first-order valence-electron chi connectivity index (χ1n) is 9.66. The molecule has 0 fully saturated rings. The van der Waals surface area contributed by atoms with Crippen molar-refractivity contribution >= 4 is 38.5 Å². The Hall–Kier alpha value is -3.85. The highest BCUT2D eigenvalue weighted by atomic mass is 32.1. The fourth-order valence-electron chi connectivity index (χ4n) is 3.47. The van der Waals surface area contributed by atoms with E-state index in [2.05, 4.69) is 20.1 Å². The van der Waals surface area contributed by atoms with Crippen LogP contribution in [-0.2, 0) is 13.1 Å². The van der Waals surface area contributed by atoms with Gasteiger partial charge in [0.1, 0.15) is 10.5 Å². The molecule has 0 radical (unpaired) electrons. The Morgan fingerprint density at radius 3 is 2.87 bits per heavy atom. The summed E-state index contributed by atoms with van der Waals surface area (Å²) in [6.45, 7) is 0.791. The van der Waals surface area contributed by atoms with Crippen molar-refractivity contribution < 1.29 is 4.79 Å². The van der Waals surface area contributed by atoms with Crippen molar-refractivity contribution in [1.29, 1.82) is 0 Å². The average Bonchev–Trinajstić information content (AvgIpc) is 3.41. The van der Waals surface area contributed by atoms with Gasteiger partial charge in [-0.2, -0.15) is 5.10 Å². The van der Waals surface area contributed by atoms with Gasteiger partial charge in [0.2, 0.25) is 0 Å². The summed E-state index contributed by atoms with van der Waals surface area (Å²) in [5.41, 5.74) is 2.74. The van der Waals surface area contributed by atoms with Crippen LogP contribution in [0.3, 0.4) is 0 Å². The molecular weight excluding hydrogens is 412 g/mol. The number of H-pyrrole nitrogens is 1. The molecule has 1 N–H and O–H groups in total. The van der Waals surface area contributed by atoms with E-state index >= 15 is 0 Å². The summed E-state index contributed by atoms with van der Waals surface area (Å²) < 4.78 is 2.40. The smallest absolute Gasteiger partial charge is 0.268 e. The summed E-state index contributed by atoms with van der Waals surface area (Å²) in [6, 6.07) is 13.6. The van der Waals surface area contributed by atoms with E-state index in [9.17, 15) is 9.59 Å². The molecule has 1 aromatic carbocycles. The summed E-state index contributed by atoms with van der Waals surface area (Å²) in [5, 5.41) is 7.03. The van der Waals surface area contributed by atoms with Crippen molar-refractivity contribution in [2.24, 2.45) is 0 Å². The monoisotopic (exact) mass is 430 g/mol. The van der Waals surface area contributed by atoms with Crippen LogP contribution in [0.15, 0.2) is 65.0 Å². The Balaban J connectivity index is 1.36. The molecule has 0 spiro atoms. The Kier molecular flexibility index (Phi) is 4.79. The summed E-state index contributed by atoms with van der Waals surface area (Å²) in [4.78, 5) is 38.3. The Morgan fingerprint density at radius 2 is 2.03 bits per heavy atom. The molecule has 1 amide bonds. The molecule has 0 unspecified atom stereocenters. The van der Waals surface area contributed by atoms with Crippen LogP contribution in [0.5, 0.6) is 0 Å². The third-order valence-electron chi connectivity index (χ3n) is 5.00. The Labute approximate surface area is 180 Å². The van der Waals surface area contributed by atoms with Gasteiger partial charge >= 0.3 is 0 Å². The minimum absolute atomic E-state index is 0.186. The van der Waals surface area contributed by atoms with E-state index in [1.807, 2.05) is 40.4 Å². The molecule has 0 aliphatic heterocycles. The fraction of sp³-hybridized carbons (Fsp3) is 0.136. The third kappa shape index (κ3) is 3.71. The van der Waals surface area contributed by atoms with E-state index in [1.54, 1.807) is 31.6 Å². The molecule has 0 bridgehead atoms. The molecule has 4 aromatic heterocycles. The van der Waals surface area contributed by atoms with Crippen molar-refractivity contribution in [3.05, 3.63) is 87.5 Å². The number of benzene rings is 1. The van der Waals surface area contributed by atoms with Crippen LogP contribution < -0.4 is 5.56 Å². The second kappa shape index (κ2) is 7.77. The topological polar surface area (TPSA) is 96.8 Å². The molecule has 0 saturated heterocycles. The maximum atomic E-state index is 12.9. The highest BCUT2D eigenvalue weighted by Crippen LogP contribution is 2.17. The van der Waals surface area contributed by atoms with Gasteiger partial charge in [-0.1, -0.05) is 30.3 Å². The first kappa shape index (κ1) is 19.1. The average molecular weight is 430 g/mol. The highest BCUT2D eigenvalue weighted by molar-refractivity contribution is 7.17. The lowest BCUT2D eigenvalue weighted by Gasteiger charge is -2.16. The highest BCUT2D eigenvalue weighted by Gasteiger charge is 2.16. The Bertz CT molecular complexity index is 1450. The van der Waals surface area contributed by atoms with E-state index < -0.39 is 0 Å². The maximum Gasteiger partial charge on any atom is 0.268 e. The van der Waals surface area contributed by atoms with Crippen LogP contribution in [-0.4, -0.2) is 42.6 Å². The van der Waals surface area contributed by atoms with Crippen molar-refractivity contribution in [2.75, 3.05) is 7.05 Å². The Morgan fingerprint density at radius 1 is 1.19 bits per heavy atom. The van der Waals surface area contributed by atoms with Gasteiger partial charge in [-0.3, -0.25) is 9.59 Å². The quantitative estimate of drug-likeness (QED) is 0.462. The van der Waals surface area contributed by atoms with E-state index in [4.69, 9.17) is 0 Å². The predicted molar refractivity (Wildman–Crippen MR) is 119 cm³/mol. The predicted octanol–water partition coefficient (Wildman–Crippen LogP) is 3.05. The zero-order chi connectivity index (χ0) is 21.4. The van der Waals surface area contributed by atoms with Crippen LogP contribution in [0.4, 0.5) is 0 Å². The molecule has 0 atom stereocenters. The van der Waals surface area contributed by atoms with Gasteiger partial charge in [0.05, 0.1) is 30.4 Å². The zero-order valence-corrected chi connectivity index (χ0v) is 17.5. The number of carbonyl (C=O) groups is 1. The van der Waals surface area contributed by atoms with E-state index in [1.165, 1.54) is 16.2 Å². The molecule has 0 aliphatic rings. The molecule has 0 aliphatic carbocycles. The summed E-state index contributed by atoms with van der Waals surface area (Å²) in [6.07, 6.45) is 3.27. The summed E-state index contributed by atoms with van der Waals surface area (Å²) in [5.74, 6) is 0.231. The van der Waals surface area contributed by atoms with Gasteiger partial charge in [-0.15, -0.1) is 11.3 Å². The number of hydrogen-bond donors (Lipinski definition) is 1. The molecule has 9 heteroatoms. The molecule has 5 aromatic rings. The number of fused-ring (bicyclic) bond motifs is 2. The maximum absolute atomic E-state index is 12.9. The number of thiophene rings is 1. The lowest BCUT2D eigenvalue weighted by molar-refractivity contribution is 0.0781. The first-order valence-corrected chi connectivity index (χ1v) is 10.5. The number of aromatic amines is 1. The van der Waals surface area contributed by atoms with Gasteiger partial charge in [0.15, 0.2) is 5.65 Å². The number of hydrogen-bond acceptors (Lipinski definition) is 6. The van der Waals surface area contributed by atoms with Crippen LogP contribution in [0.2, 0.25) is 0 Å². The SMILES string of the molecule is CN(Cc1nc2ccsc2c(=O)[nH]1)C(=O)c1cnc2c(cnn2Cc2ccccc2)c1. The lowest BCUT2D eigenvalue weighted by Crippen LogP contribution is -2.28. The number of nitrogens with zero attached hydrogens (tertiary/aromatic N) is 5. The standard InChI is InChI=1S/C22H18N6O2S/c1-27(13-18-25-17-7-8-31-19(17)21(29)26-18)22(30)16-9-15-11-24-28(20(15)23-10-16)12-14-5-3-2-4-6-14/h2-11H,12-13H2,1H3,(H,25,26,29). The third-order valence-corrected chi connectivity index (χ3v) is 5.90. The van der Waals surface area contributed by atoms with Gasteiger partial charge in [0, 0.05) is 18.6 Å². The van der Waals surface area contributed by atoms with Gasteiger partial charge < -0.3 is 9.88 Å². The summed E-state index contributed by atoms with van der Waals surface area (Å²) in [7, 11) is 1.67. The largest absolute Gasteiger partial charge is 0.334 e. The molecule has 8 nitrogen and oxygen atoms in total. The minimum atomic E-state index is -0.210. The number of aromatic nitrogens is 5. The molecule has 5 rings (SSSR count). The molecule has 154 valence electrons. The molecule has 4 heterocycles. The van der Waals surface area contributed by atoms with Crippen molar-refractivity contribution in [2.45, 2.75) is 13.1 Å². The van der Waals surface area contributed by atoms with Gasteiger partial charge in [0.25, 0.3) is 11.5 Å². The lowest BCUT2D eigenvalue weighted by atomic mass is 10.2. The number of carbonyl (C=O) groups excluding carboxylic acids is 1. The van der Waals surface area contributed by atoms with Gasteiger partial charge in [-0.25, -0.2) is 14.6 Å². The van der Waals surface area contributed by atoms with E-state index in [0.717, 1.165) is 16.6 Å². The number of amides is 1. The van der Waals surface area contributed by atoms with E-state index in [-0.39, 0.29) is 18.0 Å². The zero-order valence-electron chi connectivity index (χ0n) is 16.6. The van der Waals surface area contributed by atoms with Crippen LogP contribution >= 0.6 is 11.3 Å². The van der Waals surface area contributed by atoms with Crippen molar-refractivity contribution in [3.63, 3.8) is 0 Å². The normalized spacial score (nSPS) is 11.3. The molecule has 31 heavy (non-hydrogen) atoms. The second-order valence-corrected chi connectivity index (χ2v) is 8.15. The van der Waals surface area contributed by atoms with Crippen molar-refractivity contribution in [3.8, 4) is 0 Å². The van der Waals surface area contributed by atoms with Crippen molar-refractivity contribution in [1.82, 2.24) is 29.6 Å². The molecule has 0 saturated carbocycles. The van der Waals surface area contributed by atoms with E-state index in [0.29, 0.717) is 28.1 Å². The first-order chi connectivity index (χ1) is 15.1. The van der Waals surface area contributed by atoms with Crippen LogP contribution in [0, 0.1) is 0 Å². The second-order valence-electron chi connectivity index (χ2n) is 7.23. The minimum Gasteiger partial charge on any atom is -0.334 e. The van der Waals surface area contributed by atoms with Crippen LogP contribution in [0.25, 0.3) is 21.3 Å². The number of nitrogens with one attached hydrogen (secondary N) is 1. The van der Waals surface area contributed by atoms with Crippen LogP contribution in [0.1, 0.15) is 21.7 Å². The summed E-state index contributed by atoms with van der Waals surface area (Å²) >= 11 is 1.35. The molecular formula is C22H18N6O2S.